The topological polar surface area (TPSA) is 447 Å². The first-order valence-electron chi connectivity index (χ1n) is 25.5. The number of nitro groups is 1. The molecule has 0 saturated carbocycles. The monoisotopic (exact) mass is 1070 g/mol. The number of aliphatic imine (C=N–C) groups is 1. The molecule has 9 atom stereocenters. The standard InChI is InChI=1S/C49H82N14O13/c1-9-10-15-34(30(8)64)57-41(67)29(7)56-44(70)36(21-22-38(65)66)59-46(72)37(25-31-17-19-32(20-18-31)63(75)76)60-47(73)39(26(2)3)62-48(74)40(27(4)5)61-45(71)35(16-13-24-54-49(52)53)58-42(68)28(6)55-43(69)33(51)14-11-12-23-50/h17-20,26-29,33-37,39-40H,9-16,21-25,50-51H2,1-8H3,(H,55,69)(H,56,70)(H,57,67)(H,58,68)(H,59,72)(H,60,73)(H,61,71)(H,62,74)(H,65,66)(H4,52,53,54)/t28-,29-,33-,34-,35-,36-,37-,39-,40-/m0/s1. The number of carboxylic acid groups (broad SMARTS) is 1. The minimum absolute atomic E-state index is 0.0247. The van der Waals surface area contributed by atoms with Crippen molar-refractivity contribution in [3.63, 3.8) is 0 Å². The summed E-state index contributed by atoms with van der Waals surface area (Å²) >= 11 is 0. The summed E-state index contributed by atoms with van der Waals surface area (Å²) < 4.78 is 0. The molecule has 27 nitrogen and oxygen atoms in total. The summed E-state index contributed by atoms with van der Waals surface area (Å²) in [5.41, 5.74) is 22.5. The lowest BCUT2D eigenvalue weighted by Gasteiger charge is -2.30. The van der Waals surface area contributed by atoms with E-state index in [0.29, 0.717) is 44.2 Å². The first-order valence-corrected chi connectivity index (χ1v) is 25.5. The van der Waals surface area contributed by atoms with E-state index in [0.717, 1.165) is 6.42 Å². The molecular weight excluding hydrogens is 993 g/mol. The van der Waals surface area contributed by atoms with Crippen molar-refractivity contribution in [3.8, 4) is 0 Å². The number of carbonyl (C=O) groups excluding carboxylic acids is 9. The molecule has 0 aromatic heterocycles. The number of guanidine groups is 1. The molecule has 0 spiro atoms. The Morgan fingerprint density at radius 1 is 0.592 bits per heavy atom. The molecule has 76 heavy (non-hydrogen) atoms. The number of amides is 8. The number of rotatable bonds is 36. The third kappa shape index (κ3) is 24.8. The summed E-state index contributed by atoms with van der Waals surface area (Å²) in [4.78, 5) is 148. The summed E-state index contributed by atoms with van der Waals surface area (Å²) in [7, 11) is 0. The number of nitrogens with two attached hydrogens (primary N) is 4. The van der Waals surface area contributed by atoms with Gasteiger partial charge in [-0.15, -0.1) is 0 Å². The quantitative estimate of drug-likeness (QED) is 0.0120. The number of ketones is 1. The van der Waals surface area contributed by atoms with E-state index in [-0.39, 0.29) is 43.2 Å². The summed E-state index contributed by atoms with van der Waals surface area (Å²) in [6, 6.07) is -6.31. The Bertz CT molecular complexity index is 2170. The molecule has 17 N–H and O–H groups in total. The highest BCUT2D eigenvalue weighted by Gasteiger charge is 2.36. The molecule has 0 bridgehead atoms. The van der Waals surface area contributed by atoms with Crippen LogP contribution in [0.25, 0.3) is 0 Å². The zero-order chi connectivity index (χ0) is 57.8. The number of nitrogens with zero attached hydrogens (tertiary/aromatic N) is 2. The minimum atomic E-state index is -1.59. The molecule has 1 aromatic carbocycles. The third-order valence-corrected chi connectivity index (χ3v) is 12.0. The predicted molar refractivity (Wildman–Crippen MR) is 281 cm³/mol. The van der Waals surface area contributed by atoms with Crippen LogP contribution < -0.4 is 65.5 Å². The Hall–Kier alpha value is -7.29. The van der Waals surface area contributed by atoms with E-state index in [1.54, 1.807) is 27.7 Å². The van der Waals surface area contributed by atoms with Gasteiger partial charge >= 0.3 is 5.97 Å². The number of non-ortho nitro benzene ring substituents is 1. The van der Waals surface area contributed by atoms with Crippen LogP contribution in [0.15, 0.2) is 29.3 Å². The van der Waals surface area contributed by atoms with Crippen molar-refractivity contribution in [1.29, 1.82) is 0 Å². The fourth-order valence-electron chi connectivity index (χ4n) is 7.39. The molecule has 0 radical (unpaired) electrons. The predicted octanol–water partition coefficient (Wildman–Crippen LogP) is -1.48. The molecule has 0 aliphatic carbocycles. The van der Waals surface area contributed by atoms with Crippen molar-refractivity contribution in [2.75, 3.05) is 13.1 Å². The van der Waals surface area contributed by atoms with Crippen LogP contribution >= 0.6 is 0 Å². The van der Waals surface area contributed by atoms with Gasteiger partial charge in [0, 0.05) is 31.5 Å². The van der Waals surface area contributed by atoms with Gasteiger partial charge in [0.1, 0.15) is 42.3 Å². The lowest BCUT2D eigenvalue weighted by atomic mass is 9.98. The molecule has 0 heterocycles. The van der Waals surface area contributed by atoms with E-state index in [4.69, 9.17) is 22.9 Å². The maximum absolute atomic E-state index is 14.3. The van der Waals surface area contributed by atoms with E-state index < -0.39 is 137 Å². The van der Waals surface area contributed by atoms with E-state index in [1.807, 2.05) is 6.92 Å². The molecule has 0 aliphatic heterocycles. The molecule has 1 rings (SSSR count). The highest BCUT2D eigenvalue weighted by molar-refractivity contribution is 5.98. The van der Waals surface area contributed by atoms with Crippen molar-refractivity contribution < 1.29 is 58.0 Å². The molecule has 1 aromatic rings. The van der Waals surface area contributed by atoms with Crippen LogP contribution in [0, 0.1) is 22.0 Å². The van der Waals surface area contributed by atoms with Gasteiger partial charge in [0.25, 0.3) is 5.69 Å². The van der Waals surface area contributed by atoms with Gasteiger partial charge in [0.05, 0.1) is 17.0 Å². The Labute approximate surface area is 443 Å². The van der Waals surface area contributed by atoms with Crippen molar-refractivity contribution >= 4 is 70.7 Å². The normalized spacial score (nSPS) is 14.6. The van der Waals surface area contributed by atoms with E-state index in [9.17, 15) is 63.2 Å². The van der Waals surface area contributed by atoms with Gasteiger partial charge in [0.15, 0.2) is 11.7 Å². The summed E-state index contributed by atoms with van der Waals surface area (Å²) in [6.07, 6.45) is 2.05. The number of carboxylic acids is 1. The van der Waals surface area contributed by atoms with Gasteiger partial charge < -0.3 is 70.6 Å². The lowest BCUT2D eigenvalue weighted by Crippen LogP contribution is -2.62. The third-order valence-electron chi connectivity index (χ3n) is 12.0. The SMILES string of the molecule is CCCC[C@H](NC(=O)[C@H](C)NC(=O)[C@H](CCC(=O)O)NC(=O)[C@H](Cc1ccc([N+](=O)[O-])cc1)NC(=O)[C@@H](NC(=O)[C@@H](NC(=O)[C@H](CCCN=C(N)N)NC(=O)[C@H](C)NC(=O)[C@@H](N)CCCCN)C(C)C)C(C)C)C(C)=O. The van der Waals surface area contributed by atoms with Crippen molar-refractivity contribution in [2.45, 2.75) is 180 Å². The van der Waals surface area contributed by atoms with Crippen LogP contribution in [0.5, 0.6) is 0 Å². The Kier molecular flexibility index (Phi) is 30.1. The van der Waals surface area contributed by atoms with Gasteiger partial charge in [0.2, 0.25) is 47.3 Å². The average Bonchev–Trinajstić information content (AvgIpc) is 3.34. The number of nitro benzene ring substituents is 1. The van der Waals surface area contributed by atoms with Gasteiger partial charge in [-0.05, 0) is 83.2 Å². The van der Waals surface area contributed by atoms with Crippen LogP contribution in [0.2, 0.25) is 0 Å². The molecular formula is C49H82N14O13. The van der Waals surface area contributed by atoms with Crippen LogP contribution in [-0.2, 0) is 54.4 Å². The number of carbonyl (C=O) groups is 10. The Morgan fingerprint density at radius 3 is 1.55 bits per heavy atom. The molecule has 0 saturated heterocycles. The molecule has 0 fully saturated rings. The largest absolute Gasteiger partial charge is 0.481 e. The smallest absolute Gasteiger partial charge is 0.303 e. The number of Topliss-reactive ketones (excluding diaryl/α,β-unsaturated/α-hetero) is 1. The Balaban J connectivity index is 3.52. The minimum Gasteiger partial charge on any atom is -0.481 e. The van der Waals surface area contributed by atoms with Crippen LogP contribution in [0.4, 0.5) is 5.69 Å². The second-order valence-electron chi connectivity index (χ2n) is 19.3. The molecule has 8 amide bonds. The van der Waals surface area contributed by atoms with E-state index in [1.165, 1.54) is 45.0 Å². The summed E-state index contributed by atoms with van der Waals surface area (Å²) in [5, 5.41) is 41.4. The Morgan fingerprint density at radius 2 is 1.05 bits per heavy atom. The van der Waals surface area contributed by atoms with Crippen molar-refractivity contribution in [1.82, 2.24) is 42.5 Å². The highest BCUT2D eigenvalue weighted by Crippen LogP contribution is 2.15. The number of unbranched alkanes of at least 4 members (excludes halogenated alkanes) is 2. The highest BCUT2D eigenvalue weighted by atomic mass is 16.6. The van der Waals surface area contributed by atoms with E-state index in [2.05, 4.69) is 47.5 Å². The van der Waals surface area contributed by atoms with E-state index >= 15 is 0 Å². The van der Waals surface area contributed by atoms with Gasteiger partial charge in [-0.1, -0.05) is 66.0 Å². The maximum atomic E-state index is 14.3. The zero-order valence-electron chi connectivity index (χ0n) is 44.9. The van der Waals surface area contributed by atoms with Crippen LogP contribution in [0.3, 0.4) is 0 Å². The molecule has 27 heteroatoms. The van der Waals surface area contributed by atoms with Crippen molar-refractivity contribution in [2.24, 2.45) is 39.8 Å². The number of nitrogens with one attached hydrogen (secondary N) is 8. The molecule has 0 unspecified atom stereocenters. The van der Waals surface area contributed by atoms with Gasteiger partial charge in [-0.25, -0.2) is 0 Å². The van der Waals surface area contributed by atoms with Crippen LogP contribution in [0.1, 0.15) is 125 Å². The zero-order valence-corrected chi connectivity index (χ0v) is 44.9. The fraction of sp³-hybridized carbons (Fsp3) is 0.653. The number of aliphatic carboxylic acids is 1. The van der Waals surface area contributed by atoms with Gasteiger partial charge in [-0.3, -0.25) is 63.1 Å². The fourth-order valence-corrected chi connectivity index (χ4v) is 7.39. The number of hydrogen-bond donors (Lipinski definition) is 13. The maximum Gasteiger partial charge on any atom is 0.303 e. The van der Waals surface area contributed by atoms with Crippen LogP contribution in [-0.4, -0.2) is 142 Å². The number of benzene rings is 1. The average molecular weight is 1080 g/mol. The first kappa shape index (κ1) is 66.7. The summed E-state index contributed by atoms with van der Waals surface area (Å²) in [6.45, 7) is 12.8. The lowest BCUT2D eigenvalue weighted by molar-refractivity contribution is -0.384. The molecule has 426 valence electrons. The first-order chi connectivity index (χ1) is 35.6. The second kappa shape index (κ2) is 34.3. The number of hydrogen-bond acceptors (Lipinski definition) is 15. The summed E-state index contributed by atoms with van der Waals surface area (Å²) in [5.74, 6) is -9.74. The van der Waals surface area contributed by atoms with Crippen molar-refractivity contribution in [3.05, 3.63) is 39.9 Å². The molecule has 0 aliphatic rings. The van der Waals surface area contributed by atoms with Gasteiger partial charge in [-0.2, -0.15) is 0 Å². The second-order valence-corrected chi connectivity index (χ2v) is 19.3.